The average molecular weight is 287 g/mol. The number of aromatic nitrogens is 4. The minimum Gasteiger partial charge on any atom is -0.373 e. The maximum atomic E-state index is 4.72. The van der Waals surface area contributed by atoms with E-state index in [1.54, 1.807) is 0 Å². The van der Waals surface area contributed by atoms with E-state index in [4.69, 9.17) is 4.98 Å². The molecule has 0 bridgehead atoms. The zero-order valence-corrected chi connectivity index (χ0v) is 14.1. The molecule has 0 saturated carbocycles. The van der Waals surface area contributed by atoms with Crippen molar-refractivity contribution in [1.29, 1.82) is 0 Å². The van der Waals surface area contributed by atoms with Gasteiger partial charge in [0.2, 0.25) is 0 Å². The molecule has 21 heavy (non-hydrogen) atoms. The van der Waals surface area contributed by atoms with Crippen molar-refractivity contribution in [3.63, 3.8) is 0 Å². The Morgan fingerprint density at radius 2 is 1.86 bits per heavy atom. The molecule has 0 spiro atoms. The topological polar surface area (TPSA) is 55.6 Å². The van der Waals surface area contributed by atoms with Gasteiger partial charge in [-0.1, -0.05) is 27.7 Å². The molecule has 5 nitrogen and oxygen atoms in total. The first-order chi connectivity index (χ1) is 9.77. The van der Waals surface area contributed by atoms with E-state index < -0.39 is 0 Å². The molecule has 2 heterocycles. The molecule has 2 rings (SSSR count). The third-order valence-corrected chi connectivity index (χ3v) is 3.65. The third kappa shape index (κ3) is 2.91. The van der Waals surface area contributed by atoms with Crippen LogP contribution in [-0.4, -0.2) is 26.8 Å². The van der Waals surface area contributed by atoms with Crippen LogP contribution in [-0.2, 0) is 11.8 Å². The number of rotatable bonds is 3. The van der Waals surface area contributed by atoms with Gasteiger partial charge in [-0.15, -0.1) is 0 Å². The fourth-order valence-corrected chi connectivity index (χ4v) is 2.42. The van der Waals surface area contributed by atoms with Crippen molar-refractivity contribution >= 4 is 5.82 Å². The lowest BCUT2D eigenvalue weighted by Gasteiger charge is -2.18. The maximum Gasteiger partial charge on any atom is 0.159 e. The van der Waals surface area contributed by atoms with E-state index in [9.17, 15) is 0 Å². The Balaban J connectivity index is 2.64. The van der Waals surface area contributed by atoms with E-state index in [-0.39, 0.29) is 5.41 Å². The summed E-state index contributed by atoms with van der Waals surface area (Å²) in [6, 6.07) is 1.94. The molecular formula is C16H25N5. The highest BCUT2D eigenvalue weighted by Gasteiger charge is 2.21. The van der Waals surface area contributed by atoms with Crippen LogP contribution in [0, 0.1) is 13.8 Å². The molecule has 1 N–H and O–H groups in total. The van der Waals surface area contributed by atoms with Crippen molar-refractivity contribution in [2.75, 3.05) is 12.4 Å². The van der Waals surface area contributed by atoms with E-state index in [0.29, 0.717) is 0 Å². The van der Waals surface area contributed by atoms with Crippen LogP contribution in [0.15, 0.2) is 6.07 Å². The summed E-state index contributed by atoms with van der Waals surface area (Å²) in [6.07, 6.45) is 0.980. The highest BCUT2D eigenvalue weighted by Crippen LogP contribution is 2.23. The van der Waals surface area contributed by atoms with Gasteiger partial charge in [0.1, 0.15) is 11.6 Å². The maximum absolute atomic E-state index is 4.72. The van der Waals surface area contributed by atoms with Gasteiger partial charge in [0.25, 0.3) is 0 Å². The van der Waals surface area contributed by atoms with E-state index in [0.717, 1.165) is 35.3 Å². The van der Waals surface area contributed by atoms with Crippen LogP contribution in [0.25, 0.3) is 5.82 Å². The second-order valence-electron chi connectivity index (χ2n) is 6.35. The molecule has 0 fully saturated rings. The summed E-state index contributed by atoms with van der Waals surface area (Å²) in [5.74, 6) is 2.45. The number of hydrogen-bond donors (Lipinski definition) is 1. The highest BCUT2D eigenvalue weighted by atomic mass is 15.3. The van der Waals surface area contributed by atoms with Gasteiger partial charge in [-0.2, -0.15) is 5.10 Å². The Morgan fingerprint density at radius 1 is 1.19 bits per heavy atom. The Morgan fingerprint density at radius 3 is 2.33 bits per heavy atom. The first-order valence-electron chi connectivity index (χ1n) is 7.40. The molecule has 114 valence electrons. The van der Waals surface area contributed by atoms with Gasteiger partial charge in [0.15, 0.2) is 5.82 Å². The quantitative estimate of drug-likeness (QED) is 0.942. The van der Waals surface area contributed by atoms with Crippen molar-refractivity contribution in [2.45, 2.75) is 53.4 Å². The van der Waals surface area contributed by atoms with Gasteiger partial charge < -0.3 is 5.32 Å². The second kappa shape index (κ2) is 5.47. The van der Waals surface area contributed by atoms with Crippen molar-refractivity contribution in [3.05, 3.63) is 28.8 Å². The Kier molecular flexibility index (Phi) is 4.03. The lowest BCUT2D eigenvalue weighted by molar-refractivity contribution is 0.542. The van der Waals surface area contributed by atoms with Crippen LogP contribution in [0.4, 0.5) is 5.82 Å². The molecule has 0 aliphatic heterocycles. The van der Waals surface area contributed by atoms with Crippen LogP contribution in [0.5, 0.6) is 0 Å². The summed E-state index contributed by atoms with van der Waals surface area (Å²) in [7, 11) is 1.87. The molecule has 2 aromatic rings. The predicted molar refractivity (Wildman–Crippen MR) is 86.3 cm³/mol. The van der Waals surface area contributed by atoms with Gasteiger partial charge in [-0.25, -0.2) is 14.6 Å². The highest BCUT2D eigenvalue weighted by molar-refractivity contribution is 5.43. The summed E-state index contributed by atoms with van der Waals surface area (Å²) < 4.78 is 1.92. The van der Waals surface area contributed by atoms with Crippen molar-refractivity contribution in [1.82, 2.24) is 19.7 Å². The molecule has 0 aromatic carbocycles. The number of hydrogen-bond acceptors (Lipinski definition) is 4. The smallest absolute Gasteiger partial charge is 0.159 e. The number of nitrogens with one attached hydrogen (secondary N) is 1. The van der Waals surface area contributed by atoms with Crippen LogP contribution < -0.4 is 5.32 Å². The zero-order valence-electron chi connectivity index (χ0n) is 14.1. The largest absolute Gasteiger partial charge is 0.373 e. The summed E-state index contributed by atoms with van der Waals surface area (Å²) in [6.45, 7) is 12.6. The Labute approximate surface area is 126 Å². The molecule has 0 amide bonds. The van der Waals surface area contributed by atoms with Crippen LogP contribution in [0.3, 0.4) is 0 Å². The van der Waals surface area contributed by atoms with Crippen molar-refractivity contribution in [3.8, 4) is 5.82 Å². The van der Waals surface area contributed by atoms with Gasteiger partial charge in [0, 0.05) is 24.2 Å². The molecule has 0 aliphatic rings. The number of anilines is 1. The predicted octanol–water partition coefficient (Wildman–Crippen LogP) is 3.18. The summed E-state index contributed by atoms with van der Waals surface area (Å²) in [5, 5.41) is 7.76. The molecule has 0 unspecified atom stereocenters. The first-order valence-corrected chi connectivity index (χ1v) is 7.40. The normalized spacial score (nSPS) is 11.8. The van der Waals surface area contributed by atoms with Gasteiger partial charge in [-0.05, 0) is 25.8 Å². The lowest BCUT2D eigenvalue weighted by Crippen LogP contribution is -2.19. The average Bonchev–Trinajstić information content (AvgIpc) is 2.72. The van der Waals surface area contributed by atoms with E-state index >= 15 is 0 Å². The fraction of sp³-hybridized carbons (Fsp3) is 0.562. The van der Waals surface area contributed by atoms with E-state index in [2.05, 4.69) is 50.0 Å². The zero-order chi connectivity index (χ0) is 15.8. The molecular weight excluding hydrogens is 262 g/mol. The molecule has 0 atom stereocenters. The molecule has 0 radical (unpaired) electrons. The van der Waals surface area contributed by atoms with Crippen molar-refractivity contribution in [2.24, 2.45) is 0 Å². The first kappa shape index (κ1) is 15.5. The summed E-state index contributed by atoms with van der Waals surface area (Å²) >= 11 is 0. The third-order valence-electron chi connectivity index (χ3n) is 3.65. The SMILES string of the molecule is CCc1c(C)nn(-c2cc(NC)nc(C(C)(C)C)n2)c1C. The number of nitrogens with zero attached hydrogens (tertiary/aromatic N) is 4. The Hall–Kier alpha value is -1.91. The van der Waals surface area contributed by atoms with Crippen molar-refractivity contribution < 1.29 is 0 Å². The van der Waals surface area contributed by atoms with Gasteiger partial charge in [0.05, 0.1) is 5.69 Å². The number of aryl methyl sites for hydroxylation is 1. The summed E-state index contributed by atoms with van der Waals surface area (Å²) in [4.78, 5) is 9.29. The molecule has 2 aromatic heterocycles. The van der Waals surface area contributed by atoms with Crippen LogP contribution in [0.1, 0.15) is 50.5 Å². The van der Waals surface area contributed by atoms with E-state index in [1.807, 2.05) is 24.7 Å². The van der Waals surface area contributed by atoms with E-state index in [1.165, 1.54) is 5.56 Å². The molecule has 5 heteroatoms. The Bertz CT molecular complexity index is 649. The van der Waals surface area contributed by atoms with Crippen LogP contribution in [0.2, 0.25) is 0 Å². The minimum absolute atomic E-state index is 0.106. The second-order valence-corrected chi connectivity index (χ2v) is 6.35. The lowest BCUT2D eigenvalue weighted by atomic mass is 9.96. The monoisotopic (exact) mass is 287 g/mol. The summed E-state index contributed by atoms with van der Waals surface area (Å²) in [5.41, 5.74) is 3.40. The molecule has 0 saturated heterocycles. The van der Waals surface area contributed by atoms with Crippen LogP contribution >= 0.6 is 0 Å². The fourth-order valence-electron chi connectivity index (χ4n) is 2.42. The standard InChI is InChI=1S/C16H25N5/c1-8-12-10(2)20-21(11(12)3)14-9-13(17-7)18-15(19-14)16(4,5)6/h9H,8H2,1-7H3,(H,17,18,19). The minimum atomic E-state index is -0.106. The molecule has 0 aliphatic carbocycles. The van der Waals surface area contributed by atoms with Gasteiger partial charge in [-0.3, -0.25) is 0 Å². The van der Waals surface area contributed by atoms with Gasteiger partial charge >= 0.3 is 0 Å².